The van der Waals surface area contributed by atoms with E-state index in [1.165, 1.54) is 12.1 Å². The summed E-state index contributed by atoms with van der Waals surface area (Å²) in [6.45, 7) is 2.98. The summed E-state index contributed by atoms with van der Waals surface area (Å²) in [5, 5.41) is 0. The summed E-state index contributed by atoms with van der Waals surface area (Å²) in [6.07, 6.45) is 0. The molecular weight excluding hydrogens is 221 g/mol. The number of nitrogen functional groups attached to an aromatic ring is 1. The number of hydrogen-bond acceptors (Lipinski definition) is 3. The van der Waals surface area contributed by atoms with Gasteiger partial charge < -0.3 is 15.5 Å². The van der Waals surface area contributed by atoms with E-state index >= 15 is 0 Å². The number of halogens is 1. The summed E-state index contributed by atoms with van der Waals surface area (Å²) in [5.41, 5.74) is 5.78. The lowest BCUT2D eigenvalue weighted by Gasteiger charge is -2.32. The minimum absolute atomic E-state index is 0.0589. The van der Waals surface area contributed by atoms with Crippen molar-refractivity contribution in [1.29, 1.82) is 0 Å². The normalized spacial score (nSPS) is 17.2. The zero-order valence-corrected chi connectivity index (χ0v) is 9.82. The maximum atomic E-state index is 13.3. The quantitative estimate of drug-likeness (QED) is 0.735. The molecule has 0 bridgehead atoms. The van der Waals surface area contributed by atoms with Crippen LogP contribution in [0, 0.1) is 5.82 Å². The van der Waals surface area contributed by atoms with Crippen molar-refractivity contribution < 1.29 is 9.18 Å². The number of amides is 1. The summed E-state index contributed by atoms with van der Waals surface area (Å²) >= 11 is 0. The predicted octanol–water partition coefficient (Wildman–Crippen LogP) is 0.796. The van der Waals surface area contributed by atoms with Crippen molar-refractivity contribution in [2.24, 2.45) is 0 Å². The lowest BCUT2D eigenvalue weighted by Crippen LogP contribution is -2.47. The average Bonchev–Trinajstić information content (AvgIpc) is 2.33. The van der Waals surface area contributed by atoms with E-state index in [0.29, 0.717) is 13.1 Å². The summed E-state index contributed by atoms with van der Waals surface area (Å²) in [5.74, 6) is -0.722. The molecule has 17 heavy (non-hydrogen) atoms. The molecule has 5 heteroatoms. The van der Waals surface area contributed by atoms with Gasteiger partial charge in [0.25, 0.3) is 5.91 Å². The number of anilines is 1. The van der Waals surface area contributed by atoms with Gasteiger partial charge in [-0.1, -0.05) is 6.07 Å². The van der Waals surface area contributed by atoms with Gasteiger partial charge in [0.2, 0.25) is 0 Å². The van der Waals surface area contributed by atoms with E-state index in [2.05, 4.69) is 4.90 Å². The molecule has 1 amide bonds. The van der Waals surface area contributed by atoms with Crippen LogP contribution in [0.4, 0.5) is 10.1 Å². The number of hydrogen-bond donors (Lipinski definition) is 1. The second kappa shape index (κ2) is 4.71. The Hall–Kier alpha value is -1.62. The minimum atomic E-state index is -0.537. The summed E-state index contributed by atoms with van der Waals surface area (Å²) in [7, 11) is 2.01. The fourth-order valence-electron chi connectivity index (χ4n) is 1.90. The van der Waals surface area contributed by atoms with Gasteiger partial charge in [0.05, 0.1) is 11.3 Å². The fraction of sp³-hybridized carbons (Fsp3) is 0.417. The van der Waals surface area contributed by atoms with Crippen molar-refractivity contribution >= 4 is 11.6 Å². The smallest absolute Gasteiger partial charge is 0.256 e. The van der Waals surface area contributed by atoms with Crippen LogP contribution in [0.15, 0.2) is 18.2 Å². The van der Waals surface area contributed by atoms with E-state index in [-0.39, 0.29) is 17.2 Å². The minimum Gasteiger partial charge on any atom is -0.396 e. The molecule has 0 saturated carbocycles. The van der Waals surface area contributed by atoms with Gasteiger partial charge in [-0.3, -0.25) is 4.79 Å². The van der Waals surface area contributed by atoms with Crippen LogP contribution in [0.3, 0.4) is 0 Å². The molecule has 0 aliphatic carbocycles. The Morgan fingerprint density at radius 2 is 1.94 bits per heavy atom. The van der Waals surface area contributed by atoms with Gasteiger partial charge >= 0.3 is 0 Å². The fourth-order valence-corrected chi connectivity index (χ4v) is 1.90. The second-order valence-corrected chi connectivity index (χ2v) is 4.30. The molecule has 1 heterocycles. The lowest BCUT2D eigenvalue weighted by atomic mass is 10.1. The van der Waals surface area contributed by atoms with E-state index in [4.69, 9.17) is 5.73 Å². The van der Waals surface area contributed by atoms with Crippen LogP contribution in [0.2, 0.25) is 0 Å². The number of benzene rings is 1. The highest BCUT2D eigenvalue weighted by molar-refractivity contribution is 5.99. The Balaban J connectivity index is 2.17. The van der Waals surface area contributed by atoms with Crippen LogP contribution in [0.25, 0.3) is 0 Å². The Morgan fingerprint density at radius 1 is 1.29 bits per heavy atom. The SMILES string of the molecule is CN1CCN(C(=O)c2cccc(F)c2N)CC1. The highest BCUT2D eigenvalue weighted by Gasteiger charge is 2.22. The molecule has 0 unspecified atom stereocenters. The molecule has 1 aliphatic rings. The maximum absolute atomic E-state index is 13.3. The highest BCUT2D eigenvalue weighted by atomic mass is 19.1. The maximum Gasteiger partial charge on any atom is 0.256 e. The van der Waals surface area contributed by atoms with Crippen LogP contribution in [0.1, 0.15) is 10.4 Å². The van der Waals surface area contributed by atoms with Crippen molar-refractivity contribution in [3.63, 3.8) is 0 Å². The number of likely N-dealkylation sites (N-methyl/N-ethyl adjacent to an activating group) is 1. The van der Waals surface area contributed by atoms with E-state index in [1.807, 2.05) is 7.05 Å². The number of nitrogens with zero attached hydrogens (tertiary/aromatic N) is 2. The molecule has 2 N–H and O–H groups in total. The van der Waals surface area contributed by atoms with Crippen molar-refractivity contribution in [1.82, 2.24) is 9.80 Å². The first-order valence-electron chi connectivity index (χ1n) is 5.61. The lowest BCUT2D eigenvalue weighted by molar-refractivity contribution is 0.0665. The average molecular weight is 237 g/mol. The predicted molar refractivity (Wildman–Crippen MR) is 64.2 cm³/mol. The van der Waals surface area contributed by atoms with Crippen LogP contribution >= 0.6 is 0 Å². The van der Waals surface area contributed by atoms with Gasteiger partial charge in [-0.25, -0.2) is 4.39 Å². The van der Waals surface area contributed by atoms with E-state index < -0.39 is 5.82 Å². The third kappa shape index (κ3) is 2.39. The van der Waals surface area contributed by atoms with Crippen LogP contribution in [-0.4, -0.2) is 48.9 Å². The standard InChI is InChI=1S/C12H16FN3O/c1-15-5-7-16(8-6-15)12(17)9-3-2-4-10(13)11(9)14/h2-4H,5-8,14H2,1H3. The highest BCUT2D eigenvalue weighted by Crippen LogP contribution is 2.18. The molecule has 0 spiro atoms. The molecule has 1 aliphatic heterocycles. The van der Waals surface area contributed by atoms with Gasteiger partial charge in [0.1, 0.15) is 5.82 Å². The zero-order chi connectivity index (χ0) is 12.4. The van der Waals surface area contributed by atoms with Crippen molar-refractivity contribution in [2.45, 2.75) is 0 Å². The molecule has 92 valence electrons. The molecule has 0 radical (unpaired) electrons. The Kier molecular flexibility index (Phi) is 3.28. The van der Waals surface area contributed by atoms with Gasteiger partial charge in [0, 0.05) is 26.2 Å². The third-order valence-electron chi connectivity index (χ3n) is 3.07. The van der Waals surface area contributed by atoms with E-state index in [9.17, 15) is 9.18 Å². The van der Waals surface area contributed by atoms with E-state index in [1.54, 1.807) is 11.0 Å². The topological polar surface area (TPSA) is 49.6 Å². The number of carbonyl (C=O) groups is 1. The second-order valence-electron chi connectivity index (χ2n) is 4.30. The van der Waals surface area contributed by atoms with Gasteiger partial charge in [-0.05, 0) is 19.2 Å². The number of carbonyl (C=O) groups excluding carboxylic acids is 1. The van der Waals surface area contributed by atoms with Crippen molar-refractivity contribution in [3.05, 3.63) is 29.6 Å². The van der Waals surface area contributed by atoms with Crippen molar-refractivity contribution in [3.8, 4) is 0 Å². The number of rotatable bonds is 1. The third-order valence-corrected chi connectivity index (χ3v) is 3.07. The van der Waals surface area contributed by atoms with Crippen LogP contribution in [0.5, 0.6) is 0 Å². The number of para-hydroxylation sites is 1. The first-order valence-corrected chi connectivity index (χ1v) is 5.61. The van der Waals surface area contributed by atoms with Crippen LogP contribution < -0.4 is 5.73 Å². The van der Waals surface area contributed by atoms with E-state index in [0.717, 1.165) is 13.1 Å². The Labute approximate surface area is 99.8 Å². The molecule has 0 atom stereocenters. The Morgan fingerprint density at radius 3 is 2.59 bits per heavy atom. The molecule has 1 aromatic rings. The molecule has 1 saturated heterocycles. The van der Waals surface area contributed by atoms with Gasteiger partial charge in [-0.15, -0.1) is 0 Å². The summed E-state index contributed by atoms with van der Waals surface area (Å²) in [6, 6.07) is 4.34. The monoisotopic (exact) mass is 237 g/mol. The molecule has 2 rings (SSSR count). The molecule has 1 aromatic carbocycles. The zero-order valence-electron chi connectivity index (χ0n) is 9.82. The van der Waals surface area contributed by atoms with Crippen molar-refractivity contribution in [2.75, 3.05) is 39.0 Å². The molecular formula is C12H16FN3O. The number of nitrogens with two attached hydrogens (primary N) is 1. The Bertz CT molecular complexity index is 428. The molecule has 1 fully saturated rings. The largest absolute Gasteiger partial charge is 0.396 e. The molecule has 0 aromatic heterocycles. The first-order chi connectivity index (χ1) is 8.09. The van der Waals surface area contributed by atoms with Gasteiger partial charge in [0.15, 0.2) is 0 Å². The first kappa shape index (κ1) is 11.9. The summed E-state index contributed by atoms with van der Waals surface area (Å²) in [4.78, 5) is 16.0. The van der Waals surface area contributed by atoms with Gasteiger partial charge in [-0.2, -0.15) is 0 Å². The summed E-state index contributed by atoms with van der Waals surface area (Å²) < 4.78 is 13.3. The number of piperazine rings is 1. The van der Waals surface area contributed by atoms with Crippen LogP contribution in [-0.2, 0) is 0 Å². The molecule has 4 nitrogen and oxygen atoms in total.